The average Bonchev–Trinajstić information content (AvgIpc) is 2.60. The highest BCUT2D eigenvalue weighted by Gasteiger charge is 2.45. The molecule has 0 saturated heterocycles. The summed E-state index contributed by atoms with van der Waals surface area (Å²) in [6, 6.07) is 6.05. The van der Waals surface area contributed by atoms with Gasteiger partial charge in [0.15, 0.2) is 16.6 Å². The zero-order chi connectivity index (χ0) is 18.6. The predicted octanol–water partition coefficient (Wildman–Crippen LogP) is 6.04. The van der Waals surface area contributed by atoms with Crippen molar-refractivity contribution in [2.45, 2.75) is 103 Å². The van der Waals surface area contributed by atoms with Crippen LogP contribution in [0.15, 0.2) is 0 Å². The van der Waals surface area contributed by atoms with Gasteiger partial charge in [-0.25, -0.2) is 4.79 Å². The Morgan fingerprint density at radius 1 is 0.917 bits per heavy atom. The van der Waals surface area contributed by atoms with E-state index in [1.54, 1.807) is 0 Å². The Balaban J connectivity index is 5.22. The first-order valence-corrected chi connectivity index (χ1v) is 14.9. The van der Waals surface area contributed by atoms with Crippen molar-refractivity contribution in [3.05, 3.63) is 0 Å². The van der Waals surface area contributed by atoms with Crippen molar-refractivity contribution in [1.82, 2.24) is 0 Å². The zero-order valence-corrected chi connectivity index (χ0v) is 19.0. The van der Waals surface area contributed by atoms with Gasteiger partial charge in [0.05, 0.1) is 6.61 Å². The molecule has 6 heteroatoms. The third-order valence-corrected chi connectivity index (χ3v) is 17.6. The smallest absolute Gasteiger partial charge is 0.404 e. The van der Waals surface area contributed by atoms with E-state index in [0.29, 0.717) is 12.1 Å². The second-order valence-corrected chi connectivity index (χ2v) is 16.6. The number of ether oxygens (including phenoxy) is 1. The summed E-state index contributed by atoms with van der Waals surface area (Å²) in [5.74, 6) is 0. The van der Waals surface area contributed by atoms with E-state index in [-0.39, 0.29) is 0 Å². The number of hydrogen-bond acceptors (Lipinski definition) is 3. The lowest BCUT2D eigenvalue weighted by Crippen LogP contribution is -2.53. The maximum absolute atomic E-state index is 10.8. The van der Waals surface area contributed by atoms with E-state index in [1.807, 2.05) is 0 Å². The summed E-state index contributed by atoms with van der Waals surface area (Å²) in [6.07, 6.45) is 3.74. The van der Waals surface area contributed by atoms with E-state index < -0.39 is 22.7 Å². The summed E-state index contributed by atoms with van der Waals surface area (Å²) in [5.41, 5.74) is 5.73. The Kier molecular flexibility index (Phi) is 11.9. The molecule has 0 spiro atoms. The third-order valence-electron chi connectivity index (χ3n) is 5.87. The molecule has 0 saturated carbocycles. The summed E-state index contributed by atoms with van der Waals surface area (Å²) in [6.45, 7) is 14.3. The van der Waals surface area contributed by atoms with Gasteiger partial charge in [-0.1, -0.05) is 54.4 Å². The molecule has 2 N–H and O–H groups in total. The third kappa shape index (κ3) is 6.88. The predicted molar refractivity (Wildman–Crippen MR) is 108 cm³/mol. The van der Waals surface area contributed by atoms with Gasteiger partial charge < -0.3 is 14.6 Å². The van der Waals surface area contributed by atoms with Crippen molar-refractivity contribution in [2.75, 3.05) is 6.61 Å². The molecule has 0 aromatic rings. The number of amides is 1. The van der Waals surface area contributed by atoms with Crippen molar-refractivity contribution in [3.8, 4) is 0 Å². The van der Waals surface area contributed by atoms with Crippen LogP contribution in [0.3, 0.4) is 0 Å². The Morgan fingerprint density at radius 3 is 1.83 bits per heavy atom. The summed E-state index contributed by atoms with van der Waals surface area (Å²) in [7, 11) is -3.37. The molecular weight excluding hydrogens is 334 g/mol. The number of carbonyl (C=O) groups is 1. The number of hydrogen-bond donors (Lipinski definition) is 1. The average molecular weight is 376 g/mol. The van der Waals surface area contributed by atoms with E-state index in [4.69, 9.17) is 14.6 Å². The lowest BCUT2D eigenvalue weighted by Gasteiger charge is -2.45. The van der Waals surface area contributed by atoms with Gasteiger partial charge >= 0.3 is 6.09 Å². The molecule has 24 heavy (non-hydrogen) atoms. The van der Waals surface area contributed by atoms with Gasteiger partial charge in [0.2, 0.25) is 0 Å². The summed E-state index contributed by atoms with van der Waals surface area (Å²) >= 11 is 0. The van der Waals surface area contributed by atoms with Crippen molar-refractivity contribution in [1.29, 1.82) is 0 Å². The molecule has 0 bridgehead atoms. The van der Waals surface area contributed by atoms with Crippen molar-refractivity contribution >= 4 is 22.7 Å². The SMILES string of the molecule is CCCC(CCCOC(N)=O)[Si](CC)(CC)O[Si](CC)(CC)CC. The first kappa shape index (κ1) is 23.7. The fourth-order valence-electron chi connectivity index (χ4n) is 3.97. The molecule has 0 fully saturated rings. The first-order chi connectivity index (χ1) is 11.4. The van der Waals surface area contributed by atoms with Gasteiger partial charge in [0.25, 0.3) is 0 Å². The van der Waals surface area contributed by atoms with Crippen molar-refractivity contribution < 1.29 is 13.6 Å². The lowest BCUT2D eigenvalue weighted by molar-refractivity contribution is 0.154. The maximum atomic E-state index is 10.8. The minimum Gasteiger partial charge on any atom is -0.455 e. The molecule has 144 valence electrons. The molecule has 4 nitrogen and oxygen atoms in total. The Hall–Kier alpha value is -0.336. The highest BCUT2D eigenvalue weighted by Crippen LogP contribution is 2.42. The molecule has 0 aromatic carbocycles. The number of nitrogens with two attached hydrogens (primary N) is 1. The van der Waals surface area contributed by atoms with Crippen LogP contribution < -0.4 is 5.73 Å². The summed E-state index contributed by atoms with van der Waals surface area (Å²) < 4.78 is 12.1. The molecule has 0 aromatic heterocycles. The number of primary amides is 1. The summed E-state index contributed by atoms with van der Waals surface area (Å²) in [4.78, 5) is 10.8. The highest BCUT2D eigenvalue weighted by atomic mass is 28.4. The molecule has 0 aliphatic carbocycles. The molecule has 0 radical (unpaired) electrons. The first-order valence-electron chi connectivity index (χ1n) is 10.0. The van der Waals surface area contributed by atoms with Crippen LogP contribution in [0.2, 0.25) is 35.8 Å². The van der Waals surface area contributed by atoms with Crippen LogP contribution in [0.4, 0.5) is 4.79 Å². The highest BCUT2D eigenvalue weighted by molar-refractivity contribution is 6.87. The maximum Gasteiger partial charge on any atom is 0.404 e. The second kappa shape index (κ2) is 12.1. The van der Waals surface area contributed by atoms with Gasteiger partial charge in [0.1, 0.15) is 0 Å². The van der Waals surface area contributed by atoms with Gasteiger partial charge in [-0.3, -0.25) is 0 Å². The molecule has 1 atom stereocenters. The summed E-state index contributed by atoms with van der Waals surface area (Å²) in [5, 5.41) is 0. The van der Waals surface area contributed by atoms with E-state index in [1.165, 1.54) is 43.1 Å². The van der Waals surface area contributed by atoms with Crippen LogP contribution in [0.25, 0.3) is 0 Å². The van der Waals surface area contributed by atoms with Gasteiger partial charge in [0, 0.05) is 0 Å². The van der Waals surface area contributed by atoms with E-state index >= 15 is 0 Å². The van der Waals surface area contributed by atoms with Crippen molar-refractivity contribution in [2.24, 2.45) is 5.73 Å². The Bertz CT molecular complexity index is 337. The second-order valence-electron chi connectivity index (χ2n) is 6.91. The van der Waals surface area contributed by atoms with Gasteiger partial charge in [-0.15, -0.1) is 0 Å². The van der Waals surface area contributed by atoms with Crippen LogP contribution in [-0.4, -0.2) is 29.3 Å². The number of rotatable bonds is 14. The molecule has 1 unspecified atom stereocenters. The molecule has 0 heterocycles. The molecule has 0 rings (SSSR count). The normalized spacial score (nSPS) is 13.8. The molecule has 0 aliphatic heterocycles. The van der Waals surface area contributed by atoms with E-state index in [0.717, 1.165) is 12.8 Å². The van der Waals surface area contributed by atoms with Crippen LogP contribution in [0.5, 0.6) is 0 Å². The molecule has 0 aliphatic rings. The van der Waals surface area contributed by atoms with Gasteiger partial charge in [-0.2, -0.15) is 0 Å². The lowest BCUT2D eigenvalue weighted by atomic mass is 10.1. The van der Waals surface area contributed by atoms with E-state index in [2.05, 4.69) is 41.5 Å². The Morgan fingerprint density at radius 2 is 1.46 bits per heavy atom. The number of carbonyl (C=O) groups excluding carboxylic acids is 1. The minimum atomic E-state index is -1.78. The van der Waals surface area contributed by atoms with Crippen LogP contribution in [0, 0.1) is 0 Å². The molecular formula is C18H41NO3Si2. The molecule has 1 amide bonds. The Labute approximate surface area is 152 Å². The quantitative estimate of drug-likeness (QED) is 0.297. The van der Waals surface area contributed by atoms with Crippen LogP contribution in [0.1, 0.15) is 67.2 Å². The standard InChI is InChI=1S/C18H41NO3Si2/c1-7-14-17(15-13-16-21-18(19)20)24(11-5,12-6)22-23(8-2,9-3)10-4/h17H,7-16H2,1-6H3,(H2,19,20). The van der Waals surface area contributed by atoms with E-state index in [9.17, 15) is 4.79 Å². The topological polar surface area (TPSA) is 61.5 Å². The van der Waals surface area contributed by atoms with Crippen molar-refractivity contribution in [3.63, 3.8) is 0 Å². The fourth-order valence-corrected chi connectivity index (χ4v) is 15.7. The fraction of sp³-hybridized carbons (Fsp3) is 0.944. The van der Waals surface area contributed by atoms with Crippen LogP contribution in [-0.2, 0) is 8.85 Å². The van der Waals surface area contributed by atoms with Gasteiger partial charge in [-0.05, 0) is 48.6 Å². The van der Waals surface area contributed by atoms with Crippen LogP contribution >= 0.6 is 0 Å². The minimum absolute atomic E-state index is 0.436. The zero-order valence-electron chi connectivity index (χ0n) is 17.0. The monoisotopic (exact) mass is 375 g/mol. The largest absolute Gasteiger partial charge is 0.455 e.